The number of halogens is 1. The minimum atomic E-state index is -3.87. The molecular formula is C21H19FN2O5S. The number of hydrogen-bond donors (Lipinski definition) is 2. The van der Waals surface area contributed by atoms with Gasteiger partial charge in [-0.1, -0.05) is 0 Å². The molecule has 156 valence electrons. The summed E-state index contributed by atoms with van der Waals surface area (Å²) in [6.07, 6.45) is 0. The predicted molar refractivity (Wildman–Crippen MR) is 111 cm³/mol. The first-order valence-corrected chi connectivity index (χ1v) is 10.2. The Morgan fingerprint density at radius 3 is 2.03 bits per heavy atom. The molecule has 30 heavy (non-hydrogen) atoms. The molecule has 0 saturated heterocycles. The Hall–Kier alpha value is -3.59. The number of benzene rings is 3. The van der Waals surface area contributed by atoms with Crippen molar-refractivity contribution < 1.29 is 27.1 Å². The summed E-state index contributed by atoms with van der Waals surface area (Å²) < 4.78 is 50.4. The highest BCUT2D eigenvalue weighted by atomic mass is 32.2. The molecule has 0 fully saturated rings. The maximum absolute atomic E-state index is 13.0. The predicted octanol–water partition coefficient (Wildman–Crippen LogP) is 3.90. The first-order valence-electron chi connectivity index (χ1n) is 8.74. The van der Waals surface area contributed by atoms with Crippen LogP contribution in [0, 0.1) is 5.82 Å². The lowest BCUT2D eigenvalue weighted by Crippen LogP contribution is -2.14. The molecule has 0 aliphatic rings. The largest absolute Gasteiger partial charge is 0.493 e. The van der Waals surface area contributed by atoms with Crippen LogP contribution < -0.4 is 19.5 Å². The molecule has 2 N–H and O–H groups in total. The minimum absolute atomic E-state index is 0.0702. The molecule has 0 bridgehead atoms. The summed E-state index contributed by atoms with van der Waals surface area (Å²) in [5.41, 5.74) is 1.11. The molecule has 3 aromatic rings. The number of sulfonamides is 1. The van der Waals surface area contributed by atoms with E-state index in [2.05, 4.69) is 10.0 Å². The van der Waals surface area contributed by atoms with Gasteiger partial charge in [-0.15, -0.1) is 0 Å². The number of carbonyl (C=O) groups is 1. The molecule has 0 heterocycles. The highest BCUT2D eigenvalue weighted by Crippen LogP contribution is 2.30. The molecule has 0 radical (unpaired) electrons. The highest BCUT2D eigenvalue weighted by Gasteiger charge is 2.15. The average molecular weight is 430 g/mol. The summed E-state index contributed by atoms with van der Waals surface area (Å²) >= 11 is 0. The van der Waals surface area contributed by atoms with E-state index in [1.54, 1.807) is 18.2 Å². The molecule has 0 atom stereocenters. The molecule has 0 spiro atoms. The number of anilines is 2. The quantitative estimate of drug-likeness (QED) is 0.593. The molecule has 7 nitrogen and oxygen atoms in total. The van der Waals surface area contributed by atoms with E-state index in [0.717, 1.165) is 12.1 Å². The van der Waals surface area contributed by atoms with Gasteiger partial charge in [-0.25, -0.2) is 12.8 Å². The Morgan fingerprint density at radius 1 is 0.833 bits per heavy atom. The van der Waals surface area contributed by atoms with Crippen LogP contribution in [0.4, 0.5) is 15.8 Å². The zero-order chi connectivity index (χ0) is 21.7. The fourth-order valence-corrected chi connectivity index (χ4v) is 3.69. The fourth-order valence-electron chi connectivity index (χ4n) is 2.63. The normalized spacial score (nSPS) is 10.9. The number of amides is 1. The van der Waals surface area contributed by atoms with E-state index >= 15 is 0 Å². The van der Waals surface area contributed by atoms with Crippen molar-refractivity contribution in [2.24, 2.45) is 0 Å². The smallest absolute Gasteiger partial charge is 0.261 e. The number of rotatable bonds is 7. The van der Waals surface area contributed by atoms with E-state index in [9.17, 15) is 17.6 Å². The first-order chi connectivity index (χ1) is 14.3. The van der Waals surface area contributed by atoms with E-state index in [1.807, 2.05) is 0 Å². The molecule has 9 heteroatoms. The number of carbonyl (C=O) groups excluding carboxylic acids is 1. The first kappa shape index (κ1) is 21.1. The molecule has 0 aliphatic carbocycles. The zero-order valence-electron chi connectivity index (χ0n) is 16.2. The molecule has 0 unspecified atom stereocenters. The van der Waals surface area contributed by atoms with Crippen LogP contribution in [0.2, 0.25) is 0 Å². The number of hydrogen-bond acceptors (Lipinski definition) is 5. The van der Waals surface area contributed by atoms with Gasteiger partial charge in [0.15, 0.2) is 11.5 Å². The average Bonchev–Trinajstić information content (AvgIpc) is 2.74. The minimum Gasteiger partial charge on any atom is -0.493 e. The van der Waals surface area contributed by atoms with Gasteiger partial charge in [0.05, 0.1) is 19.1 Å². The van der Waals surface area contributed by atoms with Gasteiger partial charge in [-0.05, 0) is 60.7 Å². The second kappa shape index (κ2) is 8.83. The van der Waals surface area contributed by atoms with Gasteiger partial charge in [0.2, 0.25) is 0 Å². The maximum Gasteiger partial charge on any atom is 0.261 e. The summed E-state index contributed by atoms with van der Waals surface area (Å²) in [6.45, 7) is 0. The van der Waals surface area contributed by atoms with E-state index in [0.29, 0.717) is 22.7 Å². The number of ether oxygens (including phenoxy) is 2. The standard InChI is InChI=1S/C21H19FN2O5S/c1-28-19-12-9-17(13-20(19)29-2)23-21(25)14-3-7-16(8-4-14)24-30(26,27)18-10-5-15(22)6-11-18/h3-13,24H,1-2H3,(H,23,25). The molecule has 0 aliphatic heterocycles. The summed E-state index contributed by atoms with van der Waals surface area (Å²) in [5.74, 6) is 0.100. The van der Waals surface area contributed by atoms with Gasteiger partial charge in [0.1, 0.15) is 5.82 Å². The lowest BCUT2D eigenvalue weighted by atomic mass is 10.2. The van der Waals surface area contributed by atoms with Crippen LogP contribution in [0.3, 0.4) is 0 Å². The van der Waals surface area contributed by atoms with Crippen LogP contribution in [0.15, 0.2) is 71.6 Å². The number of methoxy groups -OCH3 is 2. The second-order valence-electron chi connectivity index (χ2n) is 6.16. The van der Waals surface area contributed by atoms with Crippen LogP contribution in [-0.4, -0.2) is 28.5 Å². The topological polar surface area (TPSA) is 93.7 Å². The lowest BCUT2D eigenvalue weighted by molar-refractivity contribution is 0.102. The van der Waals surface area contributed by atoms with E-state index in [1.165, 1.54) is 50.6 Å². The van der Waals surface area contributed by atoms with Crippen LogP contribution in [0.1, 0.15) is 10.4 Å². The number of nitrogens with one attached hydrogen (secondary N) is 2. The molecule has 0 aromatic heterocycles. The fraction of sp³-hybridized carbons (Fsp3) is 0.0952. The van der Waals surface area contributed by atoms with Crippen molar-refractivity contribution in [3.63, 3.8) is 0 Å². The van der Waals surface area contributed by atoms with Crippen molar-refractivity contribution in [2.45, 2.75) is 4.90 Å². The lowest BCUT2D eigenvalue weighted by Gasteiger charge is -2.11. The highest BCUT2D eigenvalue weighted by molar-refractivity contribution is 7.92. The second-order valence-corrected chi connectivity index (χ2v) is 7.84. The van der Waals surface area contributed by atoms with E-state index in [4.69, 9.17) is 9.47 Å². The maximum atomic E-state index is 13.0. The molecule has 3 rings (SSSR count). The van der Waals surface area contributed by atoms with Crippen molar-refractivity contribution in [3.8, 4) is 11.5 Å². The SMILES string of the molecule is COc1ccc(NC(=O)c2ccc(NS(=O)(=O)c3ccc(F)cc3)cc2)cc1OC. The van der Waals surface area contributed by atoms with Crippen LogP contribution >= 0.6 is 0 Å². The van der Waals surface area contributed by atoms with Gasteiger partial charge in [0, 0.05) is 23.0 Å². The van der Waals surface area contributed by atoms with Crippen LogP contribution in [0.5, 0.6) is 11.5 Å². The van der Waals surface area contributed by atoms with Gasteiger partial charge < -0.3 is 14.8 Å². The third-order valence-corrected chi connectivity index (χ3v) is 5.56. The van der Waals surface area contributed by atoms with Crippen molar-refractivity contribution in [2.75, 3.05) is 24.3 Å². The van der Waals surface area contributed by atoms with Crippen molar-refractivity contribution in [1.29, 1.82) is 0 Å². The van der Waals surface area contributed by atoms with Gasteiger partial charge in [0.25, 0.3) is 15.9 Å². The molecular weight excluding hydrogens is 411 g/mol. The molecule has 0 saturated carbocycles. The van der Waals surface area contributed by atoms with Crippen LogP contribution in [0.25, 0.3) is 0 Å². The Kier molecular flexibility index (Phi) is 6.22. The Morgan fingerprint density at radius 2 is 1.43 bits per heavy atom. The van der Waals surface area contributed by atoms with E-state index < -0.39 is 15.8 Å². The third-order valence-electron chi connectivity index (χ3n) is 4.16. The van der Waals surface area contributed by atoms with Crippen LogP contribution in [-0.2, 0) is 10.0 Å². The van der Waals surface area contributed by atoms with Gasteiger partial charge >= 0.3 is 0 Å². The monoisotopic (exact) mass is 430 g/mol. The van der Waals surface area contributed by atoms with Crippen molar-refractivity contribution >= 4 is 27.3 Å². The summed E-state index contributed by atoms with van der Waals surface area (Å²) in [4.78, 5) is 12.4. The Labute approximate surface area is 173 Å². The molecule has 3 aromatic carbocycles. The summed E-state index contributed by atoms with van der Waals surface area (Å²) in [7, 11) is -0.858. The van der Waals surface area contributed by atoms with E-state index in [-0.39, 0.29) is 16.5 Å². The third kappa shape index (κ3) is 4.87. The summed E-state index contributed by atoms with van der Waals surface area (Å²) in [6, 6.07) is 15.3. The Balaban J connectivity index is 1.70. The molecule has 1 amide bonds. The van der Waals surface area contributed by atoms with Crippen molar-refractivity contribution in [3.05, 3.63) is 78.1 Å². The Bertz CT molecular complexity index is 1150. The zero-order valence-corrected chi connectivity index (χ0v) is 17.0. The van der Waals surface area contributed by atoms with Gasteiger partial charge in [-0.3, -0.25) is 9.52 Å². The van der Waals surface area contributed by atoms with Gasteiger partial charge in [-0.2, -0.15) is 0 Å². The van der Waals surface area contributed by atoms with Crippen molar-refractivity contribution in [1.82, 2.24) is 0 Å². The summed E-state index contributed by atoms with van der Waals surface area (Å²) in [5, 5.41) is 2.73.